The summed E-state index contributed by atoms with van der Waals surface area (Å²) >= 11 is 6.12. The minimum atomic E-state index is -0.756. The van der Waals surface area contributed by atoms with Gasteiger partial charge in [-0.2, -0.15) is 5.10 Å². The van der Waals surface area contributed by atoms with E-state index in [1.165, 1.54) is 15.3 Å². The second kappa shape index (κ2) is 9.07. The van der Waals surface area contributed by atoms with Crippen LogP contribution >= 0.6 is 11.6 Å². The Morgan fingerprint density at radius 3 is 2.45 bits per heavy atom. The number of aromatic nitrogens is 4. The topological polar surface area (TPSA) is 117 Å². The first-order valence-electron chi connectivity index (χ1n) is 12.0. The Morgan fingerprint density at radius 1 is 1.11 bits per heavy atom. The third-order valence-electron chi connectivity index (χ3n) is 7.22. The molecule has 5 rings (SSSR count). The van der Waals surface area contributed by atoms with E-state index in [0.29, 0.717) is 40.3 Å². The maximum absolute atomic E-state index is 13.9. The molecule has 2 aromatic heterocycles. The molecular weight excluding hydrogens is 510 g/mol. The lowest BCUT2D eigenvalue weighted by Gasteiger charge is -2.16. The van der Waals surface area contributed by atoms with Gasteiger partial charge in [-0.15, -0.1) is 0 Å². The fraction of sp³-hybridized carbons (Fsp3) is 0.296. The molecule has 1 fully saturated rings. The van der Waals surface area contributed by atoms with Gasteiger partial charge in [0.2, 0.25) is 11.7 Å². The highest BCUT2D eigenvalue weighted by Crippen LogP contribution is 2.37. The van der Waals surface area contributed by atoms with Gasteiger partial charge < -0.3 is 10.1 Å². The van der Waals surface area contributed by atoms with Gasteiger partial charge in [-0.1, -0.05) is 17.7 Å². The largest absolute Gasteiger partial charge is 0.406 e. The van der Waals surface area contributed by atoms with Gasteiger partial charge in [0, 0.05) is 24.7 Å². The number of likely N-dealkylation sites (N-methyl/N-ethyl adjacent to an activating group) is 1. The number of aryl methyl sites for hydroxylation is 4. The number of rotatable bonds is 6. The highest BCUT2D eigenvalue weighted by Gasteiger charge is 2.51. The fourth-order valence-electron chi connectivity index (χ4n) is 4.80. The van der Waals surface area contributed by atoms with Gasteiger partial charge in [0.05, 0.1) is 22.3 Å². The molecule has 0 amide bonds. The zero-order valence-electron chi connectivity index (χ0n) is 21.6. The minimum absolute atomic E-state index is 0.0373. The molecule has 1 aliphatic rings. The summed E-state index contributed by atoms with van der Waals surface area (Å²) in [5.41, 5.74) is -0.0408. The standard InChI is InChI=1S/C27H26ClN5O5/c1-14-18(22(34)21-15(2)30-32(5)24(21)38-25(36)27(29-3)11-12-27)9-10-19-20(14)23(35)33(26(37)31(19)4)17-8-6-7-16(28)13-17/h6-10,13,29H,11-12H2,1-5H3. The van der Waals surface area contributed by atoms with E-state index in [1.54, 1.807) is 65.3 Å². The van der Waals surface area contributed by atoms with Crippen molar-refractivity contribution < 1.29 is 14.3 Å². The molecule has 0 aliphatic heterocycles. The van der Waals surface area contributed by atoms with E-state index in [9.17, 15) is 19.2 Å². The monoisotopic (exact) mass is 535 g/mol. The summed E-state index contributed by atoms with van der Waals surface area (Å²) in [6.45, 7) is 3.31. The van der Waals surface area contributed by atoms with Crippen LogP contribution in [-0.4, -0.2) is 43.3 Å². The fourth-order valence-corrected chi connectivity index (χ4v) is 4.99. The number of fused-ring (bicyclic) bond motifs is 1. The molecule has 0 radical (unpaired) electrons. The quantitative estimate of drug-likeness (QED) is 0.298. The van der Waals surface area contributed by atoms with Crippen LogP contribution in [0.1, 0.15) is 40.0 Å². The van der Waals surface area contributed by atoms with Crippen LogP contribution in [0.4, 0.5) is 0 Å². The van der Waals surface area contributed by atoms with Crippen molar-refractivity contribution in [2.75, 3.05) is 7.05 Å². The zero-order chi connectivity index (χ0) is 27.5. The van der Waals surface area contributed by atoms with Crippen LogP contribution in [-0.2, 0) is 18.9 Å². The summed E-state index contributed by atoms with van der Waals surface area (Å²) in [6, 6.07) is 9.56. The number of esters is 1. The molecule has 11 heteroatoms. The summed E-state index contributed by atoms with van der Waals surface area (Å²) in [7, 11) is 4.85. The van der Waals surface area contributed by atoms with Crippen LogP contribution in [0.3, 0.4) is 0 Å². The van der Waals surface area contributed by atoms with Crippen LogP contribution in [0.15, 0.2) is 46.0 Å². The van der Waals surface area contributed by atoms with E-state index in [0.717, 1.165) is 4.57 Å². The summed E-state index contributed by atoms with van der Waals surface area (Å²) < 4.78 is 9.43. The number of carbonyl (C=O) groups excluding carboxylic acids is 2. The first-order valence-corrected chi connectivity index (χ1v) is 12.4. The van der Waals surface area contributed by atoms with Crippen molar-refractivity contribution in [1.82, 2.24) is 24.2 Å². The Bertz CT molecular complexity index is 1780. The van der Waals surface area contributed by atoms with Crippen molar-refractivity contribution in [3.63, 3.8) is 0 Å². The number of ketones is 1. The molecule has 196 valence electrons. The number of carbonyl (C=O) groups is 2. The van der Waals surface area contributed by atoms with Gasteiger partial charge in [0.25, 0.3) is 5.56 Å². The summed E-state index contributed by atoms with van der Waals surface area (Å²) in [5.74, 6) is -0.892. The Labute approximate surface area is 222 Å². The predicted molar refractivity (Wildman–Crippen MR) is 143 cm³/mol. The van der Waals surface area contributed by atoms with Crippen LogP contribution < -0.4 is 21.3 Å². The van der Waals surface area contributed by atoms with Gasteiger partial charge in [-0.05, 0) is 69.6 Å². The van der Waals surface area contributed by atoms with Crippen molar-refractivity contribution in [3.05, 3.63) is 84.6 Å². The van der Waals surface area contributed by atoms with Crippen LogP contribution in [0, 0.1) is 13.8 Å². The van der Waals surface area contributed by atoms with E-state index in [4.69, 9.17) is 16.3 Å². The molecule has 1 N–H and O–H groups in total. The minimum Gasteiger partial charge on any atom is -0.406 e. The Kier molecular flexibility index (Phi) is 6.12. The average molecular weight is 536 g/mol. The molecule has 0 atom stereocenters. The first-order chi connectivity index (χ1) is 18.0. The molecule has 10 nitrogen and oxygen atoms in total. The van der Waals surface area contributed by atoms with Crippen molar-refractivity contribution in [3.8, 4) is 11.6 Å². The maximum atomic E-state index is 13.9. The Hall–Kier alpha value is -4.02. The number of nitrogens with one attached hydrogen (secondary N) is 1. The van der Waals surface area contributed by atoms with E-state index >= 15 is 0 Å². The van der Waals surface area contributed by atoms with Gasteiger partial charge in [0.15, 0.2) is 0 Å². The third-order valence-corrected chi connectivity index (χ3v) is 7.45. The maximum Gasteiger partial charge on any atom is 0.335 e. The Morgan fingerprint density at radius 2 is 1.82 bits per heavy atom. The molecular formula is C27H26ClN5O5. The molecule has 1 aliphatic carbocycles. The molecule has 0 spiro atoms. The number of ether oxygens (including phenoxy) is 1. The van der Waals surface area contributed by atoms with Crippen molar-refractivity contribution in [2.45, 2.75) is 32.2 Å². The number of hydrogen-bond donors (Lipinski definition) is 1. The van der Waals surface area contributed by atoms with Crippen LogP contribution in [0.5, 0.6) is 5.88 Å². The number of halogens is 1. The van der Waals surface area contributed by atoms with Crippen molar-refractivity contribution in [1.29, 1.82) is 0 Å². The van der Waals surface area contributed by atoms with Gasteiger partial charge >= 0.3 is 11.7 Å². The molecule has 0 saturated heterocycles. The smallest absolute Gasteiger partial charge is 0.335 e. The average Bonchev–Trinajstić information content (AvgIpc) is 3.63. The molecule has 2 heterocycles. The second-order valence-electron chi connectivity index (χ2n) is 9.53. The summed E-state index contributed by atoms with van der Waals surface area (Å²) in [4.78, 5) is 53.5. The molecule has 38 heavy (non-hydrogen) atoms. The van der Waals surface area contributed by atoms with E-state index in [2.05, 4.69) is 10.4 Å². The zero-order valence-corrected chi connectivity index (χ0v) is 22.3. The number of benzene rings is 2. The van der Waals surface area contributed by atoms with Gasteiger partial charge in [-0.3, -0.25) is 14.2 Å². The molecule has 0 unspecified atom stereocenters. The first kappa shape index (κ1) is 25.6. The third kappa shape index (κ3) is 3.88. The van der Waals surface area contributed by atoms with E-state index in [1.807, 2.05) is 0 Å². The SMILES string of the molecule is CNC1(C(=O)Oc2c(C(=O)c3ccc4c(c3C)c(=O)n(-c3cccc(Cl)c3)c(=O)n4C)c(C)nn2C)CC1. The predicted octanol–water partition coefficient (Wildman–Crippen LogP) is 2.58. The molecule has 0 bridgehead atoms. The van der Waals surface area contributed by atoms with Crippen LogP contribution in [0.25, 0.3) is 16.6 Å². The summed E-state index contributed by atoms with van der Waals surface area (Å²) in [5, 5.41) is 7.88. The van der Waals surface area contributed by atoms with Crippen molar-refractivity contribution >= 4 is 34.3 Å². The van der Waals surface area contributed by atoms with Crippen LogP contribution in [0.2, 0.25) is 5.02 Å². The molecule has 2 aromatic carbocycles. The van der Waals surface area contributed by atoms with Crippen molar-refractivity contribution in [2.24, 2.45) is 14.1 Å². The lowest BCUT2D eigenvalue weighted by Crippen LogP contribution is -2.40. The highest BCUT2D eigenvalue weighted by molar-refractivity contribution is 6.30. The number of nitrogens with zero attached hydrogens (tertiary/aromatic N) is 4. The number of hydrogen-bond acceptors (Lipinski definition) is 7. The van der Waals surface area contributed by atoms with E-state index in [-0.39, 0.29) is 22.4 Å². The summed E-state index contributed by atoms with van der Waals surface area (Å²) in [6.07, 6.45) is 1.29. The molecule has 4 aromatic rings. The van der Waals surface area contributed by atoms with Gasteiger partial charge in [-0.25, -0.2) is 18.8 Å². The second-order valence-corrected chi connectivity index (χ2v) is 9.97. The Balaban J connectivity index is 1.68. The normalized spacial score (nSPS) is 14.1. The van der Waals surface area contributed by atoms with Gasteiger partial charge in [0.1, 0.15) is 11.1 Å². The van der Waals surface area contributed by atoms with E-state index < -0.39 is 28.5 Å². The lowest BCUT2D eigenvalue weighted by atomic mass is 9.96. The highest BCUT2D eigenvalue weighted by atomic mass is 35.5. The lowest BCUT2D eigenvalue weighted by molar-refractivity contribution is -0.138. The molecule has 1 saturated carbocycles.